The second-order valence-electron chi connectivity index (χ2n) is 3.14. The number of halogens is 1. The maximum absolute atomic E-state index is 11.4. The van der Waals surface area contributed by atoms with Crippen molar-refractivity contribution in [2.75, 3.05) is 14.2 Å². The fourth-order valence-corrected chi connectivity index (χ4v) is 1.75. The summed E-state index contributed by atoms with van der Waals surface area (Å²) in [5, 5.41) is 3.52. The Labute approximate surface area is 112 Å². The van der Waals surface area contributed by atoms with Gasteiger partial charge in [-0.3, -0.25) is 0 Å². The maximum Gasteiger partial charge on any atom is 0.337 e. The minimum absolute atomic E-state index is 0.122. The van der Waals surface area contributed by atoms with E-state index < -0.39 is 5.97 Å². The van der Waals surface area contributed by atoms with Crippen LogP contribution in [0.4, 0.5) is 5.69 Å². The van der Waals surface area contributed by atoms with Crippen LogP contribution in [0.5, 0.6) is 5.75 Å². The Balaban J connectivity index is 3.46. The molecule has 94 valence electrons. The van der Waals surface area contributed by atoms with Crippen LogP contribution >= 0.6 is 15.9 Å². The molecule has 1 aromatic carbocycles. The van der Waals surface area contributed by atoms with E-state index in [0.29, 0.717) is 10.0 Å². The molecule has 0 saturated heterocycles. The van der Waals surface area contributed by atoms with Crippen LogP contribution in [0.3, 0.4) is 0 Å². The highest BCUT2D eigenvalue weighted by Crippen LogP contribution is 2.41. The van der Waals surface area contributed by atoms with Gasteiger partial charge >= 0.3 is 5.97 Å². The van der Waals surface area contributed by atoms with Crippen molar-refractivity contribution in [1.29, 1.82) is 0 Å². The largest absolute Gasteiger partial charge is 0.496 e. The first-order valence-electron chi connectivity index (χ1n) is 4.76. The van der Waals surface area contributed by atoms with Crippen LogP contribution in [0.15, 0.2) is 28.3 Å². The number of ether oxygens (including phenoxy) is 2. The predicted octanol–water partition coefficient (Wildman–Crippen LogP) is 3.59. The highest BCUT2D eigenvalue weighted by Gasteiger charge is 2.18. The third kappa shape index (κ3) is 2.64. The molecule has 0 aliphatic rings. The topological polar surface area (TPSA) is 84.3 Å². The van der Waals surface area contributed by atoms with Gasteiger partial charge in [-0.05, 0) is 17.7 Å². The Bertz CT molecular complexity index is 551. The van der Waals surface area contributed by atoms with Gasteiger partial charge in [-0.1, -0.05) is 27.6 Å². The lowest BCUT2D eigenvalue weighted by Gasteiger charge is -2.13. The second-order valence-corrected chi connectivity index (χ2v) is 3.99. The van der Waals surface area contributed by atoms with Gasteiger partial charge in [0.05, 0.1) is 25.5 Å². The van der Waals surface area contributed by atoms with Crippen LogP contribution in [0.2, 0.25) is 0 Å². The first kappa shape index (κ1) is 14.1. The highest BCUT2D eigenvalue weighted by molar-refractivity contribution is 9.10. The highest BCUT2D eigenvalue weighted by atomic mass is 79.9. The zero-order chi connectivity index (χ0) is 13.7. The SMILES string of the molecule is C=C(C(=O)OC)c1ccc(Br)c(N=[N+]=[N-])c1OC. The summed E-state index contributed by atoms with van der Waals surface area (Å²) in [6, 6.07) is 3.26. The van der Waals surface area contributed by atoms with Crippen molar-refractivity contribution >= 4 is 33.2 Å². The van der Waals surface area contributed by atoms with Crippen LogP contribution in [0.25, 0.3) is 16.0 Å². The summed E-state index contributed by atoms with van der Waals surface area (Å²) in [4.78, 5) is 14.2. The molecule has 6 nitrogen and oxygen atoms in total. The average Bonchev–Trinajstić information content (AvgIpc) is 2.39. The molecule has 0 saturated carbocycles. The number of azide groups is 1. The summed E-state index contributed by atoms with van der Waals surface area (Å²) in [7, 11) is 2.67. The number of carbonyl (C=O) groups excluding carboxylic acids is 1. The van der Waals surface area contributed by atoms with Gasteiger partial charge in [-0.25, -0.2) is 4.79 Å². The number of benzene rings is 1. The summed E-state index contributed by atoms with van der Waals surface area (Å²) in [6.45, 7) is 3.63. The molecule has 0 spiro atoms. The van der Waals surface area contributed by atoms with Gasteiger partial charge in [0, 0.05) is 14.9 Å². The van der Waals surface area contributed by atoms with E-state index in [2.05, 4.69) is 37.3 Å². The fraction of sp³-hybridized carbons (Fsp3) is 0.182. The number of esters is 1. The lowest BCUT2D eigenvalue weighted by atomic mass is 10.1. The third-order valence-corrected chi connectivity index (χ3v) is 2.83. The first-order chi connectivity index (χ1) is 8.56. The molecule has 0 aromatic heterocycles. The predicted molar refractivity (Wildman–Crippen MR) is 70.6 cm³/mol. The van der Waals surface area contributed by atoms with Gasteiger partial charge in [-0.15, -0.1) is 0 Å². The molecular weight excluding hydrogens is 302 g/mol. The summed E-state index contributed by atoms with van der Waals surface area (Å²) >= 11 is 3.24. The van der Waals surface area contributed by atoms with Gasteiger partial charge < -0.3 is 9.47 Å². The molecule has 0 heterocycles. The lowest BCUT2D eigenvalue weighted by molar-refractivity contribution is -0.133. The monoisotopic (exact) mass is 311 g/mol. The summed E-state index contributed by atoms with van der Waals surface area (Å²) in [5.74, 6) is -0.319. The van der Waals surface area contributed by atoms with E-state index in [-0.39, 0.29) is 17.0 Å². The van der Waals surface area contributed by atoms with Gasteiger partial charge in [-0.2, -0.15) is 0 Å². The van der Waals surface area contributed by atoms with E-state index in [0.717, 1.165) is 0 Å². The van der Waals surface area contributed by atoms with E-state index in [1.54, 1.807) is 12.1 Å². The van der Waals surface area contributed by atoms with Crippen LogP contribution in [0, 0.1) is 0 Å². The smallest absolute Gasteiger partial charge is 0.337 e. The Morgan fingerprint density at radius 1 is 1.50 bits per heavy atom. The first-order valence-corrected chi connectivity index (χ1v) is 5.55. The van der Waals surface area contributed by atoms with Crippen molar-refractivity contribution in [2.24, 2.45) is 5.11 Å². The molecule has 0 bridgehead atoms. The summed E-state index contributed by atoms with van der Waals surface area (Å²) < 4.78 is 10.3. The van der Waals surface area contributed by atoms with E-state index in [4.69, 9.17) is 10.3 Å². The molecule has 0 aliphatic heterocycles. The second kappa shape index (κ2) is 6.09. The number of methoxy groups -OCH3 is 2. The molecule has 1 rings (SSSR count). The van der Waals surface area contributed by atoms with Crippen LogP contribution in [-0.4, -0.2) is 20.2 Å². The molecule has 0 radical (unpaired) electrons. The van der Waals surface area contributed by atoms with Crippen LogP contribution in [0.1, 0.15) is 5.56 Å². The van der Waals surface area contributed by atoms with E-state index in [1.165, 1.54) is 14.2 Å². The van der Waals surface area contributed by atoms with Gasteiger partial charge in [0.2, 0.25) is 0 Å². The standard InChI is InChI=1S/C11H10BrN3O3/c1-6(11(16)18-3)7-4-5-8(12)9(14-15-13)10(7)17-2/h4-5H,1H2,2-3H3. The van der Waals surface area contributed by atoms with Crippen molar-refractivity contribution in [3.05, 3.63) is 39.2 Å². The van der Waals surface area contributed by atoms with Crippen molar-refractivity contribution < 1.29 is 14.3 Å². The molecule has 0 amide bonds. The fourth-order valence-electron chi connectivity index (χ4n) is 1.36. The molecular formula is C11H10BrN3O3. The van der Waals surface area contributed by atoms with E-state index in [1.807, 2.05) is 0 Å². The quantitative estimate of drug-likeness (QED) is 0.280. The number of rotatable bonds is 4. The van der Waals surface area contributed by atoms with Crippen molar-refractivity contribution in [3.8, 4) is 5.75 Å². The van der Waals surface area contributed by atoms with Gasteiger partial charge in [0.25, 0.3) is 0 Å². The number of nitrogens with zero attached hydrogens (tertiary/aromatic N) is 3. The number of hydrogen-bond donors (Lipinski definition) is 0. The molecule has 1 aromatic rings. The molecule has 7 heteroatoms. The molecule has 0 N–H and O–H groups in total. The van der Waals surface area contributed by atoms with Gasteiger partial charge in [0.1, 0.15) is 5.75 Å². The van der Waals surface area contributed by atoms with Crippen molar-refractivity contribution in [2.45, 2.75) is 0 Å². The lowest BCUT2D eigenvalue weighted by Crippen LogP contribution is -2.04. The van der Waals surface area contributed by atoms with Crippen LogP contribution < -0.4 is 4.74 Å². The third-order valence-electron chi connectivity index (χ3n) is 2.19. The Hall–Kier alpha value is -1.98. The zero-order valence-electron chi connectivity index (χ0n) is 9.81. The molecule has 0 aliphatic carbocycles. The van der Waals surface area contributed by atoms with E-state index in [9.17, 15) is 4.79 Å². The molecule has 0 fully saturated rings. The number of carbonyl (C=O) groups is 1. The maximum atomic E-state index is 11.4. The van der Waals surface area contributed by atoms with Gasteiger partial charge in [0.15, 0.2) is 0 Å². The minimum Gasteiger partial charge on any atom is -0.496 e. The van der Waals surface area contributed by atoms with E-state index >= 15 is 0 Å². The summed E-state index contributed by atoms with van der Waals surface area (Å²) in [5.41, 5.74) is 9.30. The zero-order valence-corrected chi connectivity index (χ0v) is 11.4. The minimum atomic E-state index is -0.581. The molecule has 0 unspecified atom stereocenters. The average molecular weight is 312 g/mol. The Morgan fingerprint density at radius 3 is 2.67 bits per heavy atom. The van der Waals surface area contributed by atoms with Crippen molar-refractivity contribution in [1.82, 2.24) is 0 Å². The molecule has 18 heavy (non-hydrogen) atoms. The Kier molecular flexibility index (Phi) is 4.76. The van der Waals surface area contributed by atoms with Crippen molar-refractivity contribution in [3.63, 3.8) is 0 Å². The Morgan fingerprint density at radius 2 is 2.17 bits per heavy atom. The van der Waals surface area contributed by atoms with Crippen LogP contribution in [-0.2, 0) is 9.53 Å². The number of hydrogen-bond acceptors (Lipinski definition) is 4. The summed E-state index contributed by atoms with van der Waals surface area (Å²) in [6.07, 6.45) is 0. The molecule has 0 atom stereocenters. The normalized spacial score (nSPS) is 9.28.